The Kier molecular flexibility index (Phi) is 6.02. The minimum absolute atomic E-state index is 0.0328. The molecule has 0 aliphatic carbocycles. The number of aryl methyl sites for hydroxylation is 2. The minimum atomic E-state index is -0.0328. The number of nitrogens with zero attached hydrogens (tertiary/aromatic N) is 2. The van der Waals surface area contributed by atoms with Gasteiger partial charge in [0.05, 0.1) is 0 Å². The smallest absolute Gasteiger partial charge is 0.227 e. The van der Waals surface area contributed by atoms with Crippen molar-refractivity contribution in [2.24, 2.45) is 0 Å². The molecule has 3 rings (SSSR count). The van der Waals surface area contributed by atoms with Crippen LogP contribution >= 0.6 is 11.6 Å². The maximum Gasteiger partial charge on any atom is 0.227 e. The zero-order valence-corrected chi connectivity index (χ0v) is 15.3. The van der Waals surface area contributed by atoms with Crippen LogP contribution in [0.2, 0.25) is 5.02 Å². The van der Waals surface area contributed by atoms with Gasteiger partial charge in [0, 0.05) is 30.0 Å². The Morgan fingerprint density at radius 1 is 1.12 bits per heavy atom. The Hall–Kier alpha value is -2.66. The number of halogens is 1. The second-order valence-electron chi connectivity index (χ2n) is 6.05. The second-order valence-corrected chi connectivity index (χ2v) is 6.49. The molecule has 0 saturated heterocycles. The van der Waals surface area contributed by atoms with Gasteiger partial charge in [-0.25, -0.2) is 0 Å². The summed E-state index contributed by atoms with van der Waals surface area (Å²) in [6, 6.07) is 15.5. The van der Waals surface area contributed by atoms with E-state index in [9.17, 15) is 4.79 Å². The van der Waals surface area contributed by atoms with Gasteiger partial charge in [-0.1, -0.05) is 53.2 Å². The van der Waals surface area contributed by atoms with E-state index in [2.05, 4.69) is 15.5 Å². The lowest BCUT2D eigenvalue weighted by molar-refractivity contribution is -0.121. The van der Waals surface area contributed by atoms with Crippen molar-refractivity contribution < 1.29 is 9.32 Å². The average molecular weight is 370 g/mol. The molecular formula is C20H20ClN3O2. The highest BCUT2D eigenvalue weighted by molar-refractivity contribution is 6.30. The van der Waals surface area contributed by atoms with E-state index in [0.29, 0.717) is 36.1 Å². The maximum absolute atomic E-state index is 12.0. The number of rotatable bonds is 7. The maximum atomic E-state index is 12.0. The van der Waals surface area contributed by atoms with Crippen molar-refractivity contribution in [3.8, 4) is 11.4 Å². The molecule has 0 bridgehead atoms. The van der Waals surface area contributed by atoms with Gasteiger partial charge in [0.25, 0.3) is 0 Å². The number of benzene rings is 2. The fourth-order valence-electron chi connectivity index (χ4n) is 2.60. The Balaban J connectivity index is 1.45. The molecule has 1 N–H and O–H groups in total. The number of amides is 1. The van der Waals surface area contributed by atoms with E-state index in [1.54, 1.807) is 0 Å². The Bertz CT molecular complexity index is 875. The first-order valence-corrected chi connectivity index (χ1v) is 8.89. The molecular weight excluding hydrogens is 350 g/mol. The molecule has 0 fully saturated rings. The standard InChI is InChI=1S/C20H20ClN3O2/c1-14-4-2-3-5-17(14)20-23-19(26-24-20)11-10-18(25)22-13-12-15-6-8-16(21)9-7-15/h2-9H,10-13H2,1H3,(H,22,25). The molecule has 0 radical (unpaired) electrons. The lowest BCUT2D eigenvalue weighted by Gasteiger charge is -2.04. The van der Waals surface area contributed by atoms with Gasteiger partial charge in [0.1, 0.15) is 0 Å². The summed E-state index contributed by atoms with van der Waals surface area (Å²) in [5, 5.41) is 7.62. The second kappa shape index (κ2) is 8.63. The van der Waals surface area contributed by atoms with Crippen molar-refractivity contribution in [3.63, 3.8) is 0 Å². The number of carbonyl (C=O) groups is 1. The Morgan fingerprint density at radius 2 is 1.88 bits per heavy atom. The third-order valence-electron chi connectivity index (χ3n) is 4.07. The first-order chi connectivity index (χ1) is 12.6. The Labute approximate surface area is 157 Å². The first-order valence-electron chi connectivity index (χ1n) is 8.51. The molecule has 1 aromatic heterocycles. The highest BCUT2D eigenvalue weighted by atomic mass is 35.5. The molecule has 26 heavy (non-hydrogen) atoms. The lowest BCUT2D eigenvalue weighted by atomic mass is 10.1. The predicted molar refractivity (Wildman–Crippen MR) is 101 cm³/mol. The lowest BCUT2D eigenvalue weighted by Crippen LogP contribution is -2.25. The van der Waals surface area contributed by atoms with Crippen LogP contribution in [0, 0.1) is 6.92 Å². The molecule has 0 spiro atoms. The van der Waals surface area contributed by atoms with Crippen molar-refractivity contribution in [1.29, 1.82) is 0 Å². The predicted octanol–water partition coefficient (Wildman–Crippen LogP) is 3.99. The van der Waals surface area contributed by atoms with E-state index >= 15 is 0 Å². The van der Waals surface area contributed by atoms with E-state index in [0.717, 1.165) is 23.1 Å². The van der Waals surface area contributed by atoms with E-state index in [1.807, 2.05) is 55.5 Å². The van der Waals surface area contributed by atoms with Crippen LogP contribution in [0.5, 0.6) is 0 Å². The fourth-order valence-corrected chi connectivity index (χ4v) is 2.72. The summed E-state index contributed by atoms with van der Waals surface area (Å²) < 4.78 is 5.26. The number of hydrogen-bond donors (Lipinski definition) is 1. The summed E-state index contributed by atoms with van der Waals surface area (Å²) in [7, 11) is 0. The molecule has 0 unspecified atom stereocenters. The van der Waals surface area contributed by atoms with Crippen LogP contribution in [0.25, 0.3) is 11.4 Å². The monoisotopic (exact) mass is 369 g/mol. The van der Waals surface area contributed by atoms with Gasteiger partial charge in [-0.3, -0.25) is 4.79 Å². The summed E-state index contributed by atoms with van der Waals surface area (Å²) in [6.45, 7) is 2.58. The number of aromatic nitrogens is 2. The third kappa shape index (κ3) is 4.92. The molecule has 0 saturated carbocycles. The van der Waals surface area contributed by atoms with Gasteiger partial charge in [-0.15, -0.1) is 0 Å². The van der Waals surface area contributed by atoms with Crippen LogP contribution < -0.4 is 5.32 Å². The summed E-state index contributed by atoms with van der Waals surface area (Å²) in [5.41, 5.74) is 3.16. The number of hydrogen-bond acceptors (Lipinski definition) is 4. The zero-order valence-electron chi connectivity index (χ0n) is 14.5. The molecule has 0 atom stereocenters. The molecule has 5 nitrogen and oxygen atoms in total. The quantitative estimate of drug-likeness (QED) is 0.683. The summed E-state index contributed by atoms with van der Waals surface area (Å²) in [5.74, 6) is 0.993. The molecule has 2 aromatic carbocycles. The molecule has 0 aliphatic rings. The van der Waals surface area contributed by atoms with E-state index in [-0.39, 0.29) is 5.91 Å². The van der Waals surface area contributed by atoms with Crippen molar-refractivity contribution in [2.45, 2.75) is 26.2 Å². The highest BCUT2D eigenvalue weighted by Crippen LogP contribution is 2.20. The Morgan fingerprint density at radius 3 is 2.65 bits per heavy atom. The molecule has 1 amide bonds. The number of carbonyl (C=O) groups excluding carboxylic acids is 1. The molecule has 1 heterocycles. The van der Waals surface area contributed by atoms with Crippen molar-refractivity contribution in [3.05, 3.63) is 70.6 Å². The third-order valence-corrected chi connectivity index (χ3v) is 4.32. The summed E-state index contributed by atoms with van der Waals surface area (Å²) >= 11 is 5.86. The van der Waals surface area contributed by atoms with Crippen molar-refractivity contribution in [2.75, 3.05) is 6.54 Å². The highest BCUT2D eigenvalue weighted by Gasteiger charge is 2.11. The number of nitrogens with one attached hydrogen (secondary N) is 1. The first kappa shape index (κ1) is 18.1. The zero-order chi connectivity index (χ0) is 18.4. The van der Waals surface area contributed by atoms with Gasteiger partial charge < -0.3 is 9.84 Å². The van der Waals surface area contributed by atoms with Gasteiger partial charge in [-0.05, 0) is 36.6 Å². The van der Waals surface area contributed by atoms with Crippen LogP contribution in [0.15, 0.2) is 53.1 Å². The largest absolute Gasteiger partial charge is 0.356 e. The molecule has 6 heteroatoms. The molecule has 134 valence electrons. The van der Waals surface area contributed by atoms with Gasteiger partial charge in [-0.2, -0.15) is 4.98 Å². The van der Waals surface area contributed by atoms with E-state index < -0.39 is 0 Å². The van der Waals surface area contributed by atoms with Gasteiger partial charge in [0.15, 0.2) is 0 Å². The SMILES string of the molecule is Cc1ccccc1-c1noc(CCC(=O)NCCc2ccc(Cl)cc2)n1. The van der Waals surface area contributed by atoms with E-state index in [1.165, 1.54) is 0 Å². The van der Waals surface area contributed by atoms with E-state index in [4.69, 9.17) is 16.1 Å². The van der Waals surface area contributed by atoms with Gasteiger partial charge in [0.2, 0.25) is 17.6 Å². The average Bonchev–Trinajstić information content (AvgIpc) is 3.11. The van der Waals surface area contributed by atoms with Crippen LogP contribution in [-0.4, -0.2) is 22.6 Å². The van der Waals surface area contributed by atoms with Crippen molar-refractivity contribution >= 4 is 17.5 Å². The minimum Gasteiger partial charge on any atom is -0.356 e. The molecule has 0 aliphatic heterocycles. The van der Waals surface area contributed by atoms with Crippen LogP contribution in [0.3, 0.4) is 0 Å². The summed E-state index contributed by atoms with van der Waals surface area (Å²) in [6.07, 6.45) is 1.50. The topological polar surface area (TPSA) is 68.0 Å². The van der Waals surface area contributed by atoms with Crippen LogP contribution in [-0.2, 0) is 17.6 Å². The van der Waals surface area contributed by atoms with Crippen molar-refractivity contribution in [1.82, 2.24) is 15.5 Å². The van der Waals surface area contributed by atoms with Gasteiger partial charge >= 0.3 is 0 Å². The fraction of sp³-hybridized carbons (Fsp3) is 0.250. The molecule has 3 aromatic rings. The normalized spacial score (nSPS) is 10.7. The van der Waals surface area contributed by atoms with Crippen LogP contribution in [0.1, 0.15) is 23.4 Å². The van der Waals surface area contributed by atoms with Crippen LogP contribution in [0.4, 0.5) is 0 Å². The summed E-state index contributed by atoms with van der Waals surface area (Å²) in [4.78, 5) is 16.3.